The van der Waals surface area contributed by atoms with Gasteiger partial charge in [-0.05, 0) is 45.9 Å². The molecule has 0 aromatic rings. The number of hydrogen-bond acceptors (Lipinski definition) is 2. The van der Waals surface area contributed by atoms with Crippen molar-refractivity contribution in [3.05, 3.63) is 0 Å². The number of piperidine rings is 1. The predicted molar refractivity (Wildman–Crippen MR) is 46.6 cm³/mol. The molecule has 2 nitrogen and oxygen atoms in total. The van der Waals surface area contributed by atoms with E-state index in [-0.39, 0.29) is 0 Å². The minimum absolute atomic E-state index is 0.909. The third-order valence-electron chi connectivity index (χ3n) is 3.32. The lowest BCUT2D eigenvalue weighted by atomic mass is 9.93. The highest BCUT2D eigenvalue weighted by Gasteiger charge is 2.34. The molecule has 0 amide bonds. The third-order valence-corrected chi connectivity index (χ3v) is 3.32. The van der Waals surface area contributed by atoms with Crippen LogP contribution < -0.4 is 0 Å². The average Bonchev–Trinajstić information content (AvgIpc) is 2.32. The lowest BCUT2D eigenvalue weighted by molar-refractivity contribution is 0.145. The smallest absolute Gasteiger partial charge is 0.0145 e. The van der Waals surface area contributed by atoms with Crippen molar-refractivity contribution in [2.75, 3.05) is 33.7 Å². The Morgan fingerprint density at radius 3 is 2.73 bits per heavy atom. The summed E-state index contributed by atoms with van der Waals surface area (Å²) in [6.45, 7) is 3.95. The normalized spacial score (nSPS) is 40.9. The van der Waals surface area contributed by atoms with E-state index < -0.39 is 0 Å². The van der Waals surface area contributed by atoms with Crippen LogP contribution in [0.4, 0.5) is 0 Å². The van der Waals surface area contributed by atoms with Crippen molar-refractivity contribution < 1.29 is 0 Å². The van der Waals surface area contributed by atoms with Crippen molar-refractivity contribution >= 4 is 0 Å². The highest BCUT2D eigenvalue weighted by atomic mass is 15.2. The number of nitrogens with zero attached hydrogens (tertiary/aromatic N) is 2. The second kappa shape index (κ2) is 2.76. The zero-order valence-electron chi connectivity index (χ0n) is 7.58. The SMILES string of the molecule is CN1CC[C@@H]2[C@@H](CCN2C)C1. The molecule has 2 aliphatic rings. The van der Waals surface area contributed by atoms with Crippen LogP contribution in [0.2, 0.25) is 0 Å². The van der Waals surface area contributed by atoms with Crippen LogP contribution >= 0.6 is 0 Å². The van der Waals surface area contributed by atoms with Crippen LogP contribution in [0.1, 0.15) is 12.8 Å². The van der Waals surface area contributed by atoms with E-state index >= 15 is 0 Å². The molecule has 0 aliphatic carbocycles. The van der Waals surface area contributed by atoms with Gasteiger partial charge in [-0.1, -0.05) is 0 Å². The molecule has 0 spiro atoms. The molecule has 0 saturated carbocycles. The highest BCUT2D eigenvalue weighted by Crippen LogP contribution is 2.29. The van der Waals surface area contributed by atoms with Gasteiger partial charge in [-0.25, -0.2) is 0 Å². The summed E-state index contributed by atoms with van der Waals surface area (Å²) in [5.74, 6) is 0.971. The van der Waals surface area contributed by atoms with Gasteiger partial charge in [0.1, 0.15) is 0 Å². The van der Waals surface area contributed by atoms with Gasteiger partial charge in [0.25, 0.3) is 0 Å². The molecule has 2 aliphatic heterocycles. The Hall–Kier alpha value is -0.0800. The summed E-state index contributed by atoms with van der Waals surface area (Å²) in [7, 11) is 4.52. The monoisotopic (exact) mass is 154 g/mol. The zero-order chi connectivity index (χ0) is 7.84. The van der Waals surface area contributed by atoms with Crippen LogP contribution in [0.25, 0.3) is 0 Å². The first-order chi connectivity index (χ1) is 5.27. The van der Waals surface area contributed by atoms with Gasteiger partial charge in [-0.2, -0.15) is 0 Å². The van der Waals surface area contributed by atoms with Gasteiger partial charge in [0, 0.05) is 12.6 Å². The second-order valence-electron chi connectivity index (χ2n) is 4.15. The fourth-order valence-electron chi connectivity index (χ4n) is 2.60. The Morgan fingerprint density at radius 2 is 1.91 bits per heavy atom. The molecule has 2 heteroatoms. The van der Waals surface area contributed by atoms with E-state index in [1.54, 1.807) is 0 Å². The van der Waals surface area contributed by atoms with Gasteiger partial charge in [0.2, 0.25) is 0 Å². The Balaban J connectivity index is 2.00. The van der Waals surface area contributed by atoms with Crippen molar-refractivity contribution in [2.24, 2.45) is 5.92 Å². The van der Waals surface area contributed by atoms with Gasteiger partial charge in [-0.3, -0.25) is 0 Å². The topological polar surface area (TPSA) is 6.48 Å². The maximum Gasteiger partial charge on any atom is 0.0145 e. The van der Waals surface area contributed by atoms with E-state index in [4.69, 9.17) is 0 Å². The van der Waals surface area contributed by atoms with Crippen molar-refractivity contribution in [2.45, 2.75) is 18.9 Å². The molecule has 0 N–H and O–H groups in total. The molecule has 2 rings (SSSR count). The second-order valence-corrected chi connectivity index (χ2v) is 4.15. The molecule has 11 heavy (non-hydrogen) atoms. The molecule has 2 atom stereocenters. The van der Waals surface area contributed by atoms with E-state index in [0.29, 0.717) is 0 Å². The summed E-state index contributed by atoms with van der Waals surface area (Å²) in [4.78, 5) is 5.01. The largest absolute Gasteiger partial charge is 0.306 e. The number of hydrogen-bond donors (Lipinski definition) is 0. The Morgan fingerprint density at radius 1 is 1.09 bits per heavy atom. The highest BCUT2D eigenvalue weighted by molar-refractivity contribution is 4.90. The van der Waals surface area contributed by atoms with Crippen molar-refractivity contribution in [3.63, 3.8) is 0 Å². The summed E-state index contributed by atoms with van der Waals surface area (Å²) < 4.78 is 0. The van der Waals surface area contributed by atoms with Crippen LogP contribution in [0.15, 0.2) is 0 Å². The third kappa shape index (κ3) is 1.30. The first kappa shape index (κ1) is 7.56. The maximum absolute atomic E-state index is 2.54. The van der Waals surface area contributed by atoms with Crippen LogP contribution in [0.5, 0.6) is 0 Å². The van der Waals surface area contributed by atoms with Crippen LogP contribution in [-0.2, 0) is 0 Å². The molecular formula is C9H18N2. The Labute approximate surface area is 69.2 Å². The molecule has 2 saturated heterocycles. The van der Waals surface area contributed by atoms with Crippen molar-refractivity contribution in [3.8, 4) is 0 Å². The molecule has 2 heterocycles. The standard InChI is InChI=1S/C9H18N2/c1-10-5-4-9-8(7-10)3-6-11(9)2/h8-9H,3-7H2,1-2H3/t8-,9+/m0/s1. The molecule has 0 unspecified atom stereocenters. The molecule has 64 valence electrons. The van der Waals surface area contributed by atoms with E-state index in [0.717, 1.165) is 12.0 Å². The number of likely N-dealkylation sites (tertiary alicyclic amines) is 2. The van der Waals surface area contributed by atoms with Gasteiger partial charge in [0.05, 0.1) is 0 Å². The molecular weight excluding hydrogens is 136 g/mol. The summed E-state index contributed by atoms with van der Waals surface area (Å²) in [5, 5.41) is 0. The van der Waals surface area contributed by atoms with Crippen LogP contribution in [0, 0.1) is 5.92 Å². The summed E-state index contributed by atoms with van der Waals surface area (Å²) in [5.41, 5.74) is 0. The van der Waals surface area contributed by atoms with E-state index in [1.165, 1.54) is 32.5 Å². The van der Waals surface area contributed by atoms with Gasteiger partial charge < -0.3 is 9.80 Å². The van der Waals surface area contributed by atoms with Crippen LogP contribution in [0.3, 0.4) is 0 Å². The first-order valence-corrected chi connectivity index (χ1v) is 4.66. The lowest BCUT2D eigenvalue weighted by Gasteiger charge is -2.34. The minimum atomic E-state index is 0.909. The van der Waals surface area contributed by atoms with Crippen molar-refractivity contribution in [1.82, 2.24) is 9.80 Å². The zero-order valence-corrected chi connectivity index (χ0v) is 7.58. The summed E-state index contributed by atoms with van der Waals surface area (Å²) in [6, 6.07) is 0.909. The van der Waals surface area contributed by atoms with E-state index in [2.05, 4.69) is 23.9 Å². The van der Waals surface area contributed by atoms with E-state index in [1.807, 2.05) is 0 Å². The molecule has 0 aromatic heterocycles. The molecule has 0 bridgehead atoms. The quantitative estimate of drug-likeness (QED) is 0.505. The Kier molecular flexibility index (Phi) is 1.90. The molecule has 0 aromatic carbocycles. The maximum atomic E-state index is 2.54. The fourth-order valence-corrected chi connectivity index (χ4v) is 2.60. The van der Waals surface area contributed by atoms with Crippen LogP contribution in [-0.4, -0.2) is 49.6 Å². The van der Waals surface area contributed by atoms with Gasteiger partial charge >= 0.3 is 0 Å². The van der Waals surface area contributed by atoms with Crippen molar-refractivity contribution in [1.29, 1.82) is 0 Å². The van der Waals surface area contributed by atoms with E-state index in [9.17, 15) is 0 Å². The first-order valence-electron chi connectivity index (χ1n) is 4.66. The molecule has 0 radical (unpaired) electrons. The summed E-state index contributed by atoms with van der Waals surface area (Å²) >= 11 is 0. The predicted octanol–water partition coefficient (Wildman–Crippen LogP) is 0.642. The number of fused-ring (bicyclic) bond motifs is 1. The van der Waals surface area contributed by atoms with Gasteiger partial charge in [-0.15, -0.1) is 0 Å². The fraction of sp³-hybridized carbons (Fsp3) is 1.00. The average molecular weight is 154 g/mol. The lowest BCUT2D eigenvalue weighted by Crippen LogP contribution is -2.43. The summed E-state index contributed by atoms with van der Waals surface area (Å²) in [6.07, 6.45) is 2.81. The van der Waals surface area contributed by atoms with Gasteiger partial charge in [0.15, 0.2) is 0 Å². The minimum Gasteiger partial charge on any atom is -0.306 e. The number of rotatable bonds is 0. The molecule has 2 fully saturated rings. The Bertz CT molecular complexity index is 146.